The van der Waals surface area contributed by atoms with E-state index in [4.69, 9.17) is 9.47 Å². The predicted octanol–water partition coefficient (Wildman–Crippen LogP) is 4.46. The molecule has 0 aliphatic carbocycles. The van der Waals surface area contributed by atoms with Crippen LogP contribution in [-0.2, 0) is 16.9 Å². The molecule has 0 atom stereocenters. The molecule has 6 nitrogen and oxygen atoms in total. The highest BCUT2D eigenvalue weighted by atomic mass is 79.9. The van der Waals surface area contributed by atoms with Gasteiger partial charge in [0.25, 0.3) is 5.91 Å². The number of hydrogen-bond acceptors (Lipinski definition) is 4. The van der Waals surface area contributed by atoms with Crippen LogP contribution in [0.5, 0.6) is 11.5 Å². The number of hydrogen-bond donors (Lipinski definition) is 1. The van der Waals surface area contributed by atoms with Crippen LogP contribution in [0.1, 0.15) is 16.7 Å². The molecule has 0 spiro atoms. The van der Waals surface area contributed by atoms with E-state index in [2.05, 4.69) is 21.2 Å². The third-order valence-corrected chi connectivity index (χ3v) is 5.93. The van der Waals surface area contributed by atoms with Gasteiger partial charge in [0.1, 0.15) is 11.5 Å². The number of amides is 3. The lowest BCUT2D eigenvalue weighted by atomic mass is 9.82. The molecule has 3 aromatic rings. The molecule has 1 heterocycles. The largest absolute Gasteiger partial charge is 0.497 e. The van der Waals surface area contributed by atoms with Crippen LogP contribution in [-0.4, -0.2) is 31.1 Å². The van der Waals surface area contributed by atoms with Gasteiger partial charge in [-0.3, -0.25) is 9.69 Å². The van der Waals surface area contributed by atoms with Gasteiger partial charge >= 0.3 is 6.03 Å². The Morgan fingerprint density at radius 1 is 0.806 bits per heavy atom. The number of benzene rings is 3. The van der Waals surface area contributed by atoms with Gasteiger partial charge in [0.15, 0.2) is 5.54 Å². The highest BCUT2D eigenvalue weighted by Gasteiger charge is 2.53. The summed E-state index contributed by atoms with van der Waals surface area (Å²) < 4.78 is 11.4. The summed E-state index contributed by atoms with van der Waals surface area (Å²) in [6, 6.07) is 21.4. The molecule has 158 valence electrons. The summed E-state index contributed by atoms with van der Waals surface area (Å²) >= 11 is 3.40. The van der Waals surface area contributed by atoms with Crippen molar-refractivity contribution < 1.29 is 19.1 Å². The lowest BCUT2D eigenvalue weighted by Gasteiger charge is -2.28. The topological polar surface area (TPSA) is 67.9 Å². The first-order valence-electron chi connectivity index (χ1n) is 9.65. The molecule has 0 unspecified atom stereocenters. The van der Waals surface area contributed by atoms with E-state index in [1.165, 1.54) is 4.90 Å². The monoisotopic (exact) mass is 480 g/mol. The van der Waals surface area contributed by atoms with Gasteiger partial charge in [0.05, 0.1) is 20.8 Å². The van der Waals surface area contributed by atoms with Crippen LogP contribution in [0.25, 0.3) is 0 Å². The number of halogens is 1. The normalized spacial score (nSPS) is 15.0. The van der Waals surface area contributed by atoms with E-state index in [1.54, 1.807) is 62.8 Å². The van der Waals surface area contributed by atoms with E-state index in [0.717, 1.165) is 10.0 Å². The van der Waals surface area contributed by atoms with Crippen molar-refractivity contribution in [3.8, 4) is 11.5 Å². The summed E-state index contributed by atoms with van der Waals surface area (Å²) in [4.78, 5) is 28.0. The number of carbonyl (C=O) groups is 2. The van der Waals surface area contributed by atoms with Gasteiger partial charge in [-0.15, -0.1) is 0 Å². The fraction of sp³-hybridized carbons (Fsp3) is 0.167. The average Bonchev–Trinajstić information content (AvgIpc) is 3.06. The van der Waals surface area contributed by atoms with Crippen molar-refractivity contribution in [2.75, 3.05) is 14.2 Å². The molecule has 1 N–H and O–H groups in total. The Kier molecular flexibility index (Phi) is 5.69. The number of nitrogens with zero attached hydrogens (tertiary/aromatic N) is 1. The summed E-state index contributed by atoms with van der Waals surface area (Å²) in [6.07, 6.45) is 0. The van der Waals surface area contributed by atoms with Crippen molar-refractivity contribution >= 4 is 27.9 Å². The van der Waals surface area contributed by atoms with Crippen LogP contribution in [0, 0.1) is 0 Å². The number of methoxy groups -OCH3 is 2. The molecule has 1 aliphatic heterocycles. The molecule has 1 saturated heterocycles. The second-order valence-corrected chi connectivity index (χ2v) is 8.07. The molecular formula is C24H21BrN2O4. The Balaban J connectivity index is 1.78. The van der Waals surface area contributed by atoms with Crippen molar-refractivity contribution in [1.29, 1.82) is 0 Å². The standard InChI is InChI=1S/C24H21BrN2O4/c1-30-20-11-5-17(6-12-20)24(18-7-13-21(31-2)14-8-18)22(28)27(23(29)26-24)15-16-3-9-19(25)10-4-16/h3-14H,15H2,1-2H3,(H,26,29). The second kappa shape index (κ2) is 8.43. The van der Waals surface area contributed by atoms with E-state index < -0.39 is 11.6 Å². The van der Waals surface area contributed by atoms with Gasteiger partial charge < -0.3 is 14.8 Å². The first-order valence-corrected chi connectivity index (χ1v) is 10.4. The minimum atomic E-state index is -1.34. The third kappa shape index (κ3) is 3.77. The number of rotatable bonds is 6. The summed E-state index contributed by atoms with van der Waals surface area (Å²) in [5.74, 6) is 0.991. The maximum absolute atomic E-state index is 13.8. The minimum Gasteiger partial charge on any atom is -0.497 e. The van der Waals surface area contributed by atoms with Gasteiger partial charge in [0, 0.05) is 4.47 Å². The predicted molar refractivity (Wildman–Crippen MR) is 120 cm³/mol. The fourth-order valence-electron chi connectivity index (χ4n) is 3.73. The summed E-state index contributed by atoms with van der Waals surface area (Å²) in [7, 11) is 3.16. The molecule has 4 rings (SSSR count). The Morgan fingerprint density at radius 3 is 1.74 bits per heavy atom. The van der Waals surface area contributed by atoms with E-state index in [1.807, 2.05) is 24.3 Å². The molecule has 0 aromatic heterocycles. The first-order chi connectivity index (χ1) is 15.0. The van der Waals surface area contributed by atoms with Crippen LogP contribution < -0.4 is 14.8 Å². The van der Waals surface area contributed by atoms with Crippen LogP contribution in [0.15, 0.2) is 77.3 Å². The smallest absolute Gasteiger partial charge is 0.325 e. The number of nitrogens with one attached hydrogen (secondary N) is 1. The highest BCUT2D eigenvalue weighted by Crippen LogP contribution is 2.38. The van der Waals surface area contributed by atoms with Crippen molar-refractivity contribution in [1.82, 2.24) is 10.2 Å². The molecule has 3 amide bonds. The third-order valence-electron chi connectivity index (χ3n) is 5.41. The molecule has 1 fully saturated rings. The summed E-state index contributed by atoms with van der Waals surface area (Å²) in [5, 5.41) is 2.95. The van der Waals surface area contributed by atoms with Crippen molar-refractivity contribution in [3.05, 3.63) is 94.0 Å². The molecule has 0 bridgehead atoms. The maximum Gasteiger partial charge on any atom is 0.325 e. The fourth-order valence-corrected chi connectivity index (χ4v) is 4.00. The molecule has 7 heteroatoms. The van der Waals surface area contributed by atoms with Crippen LogP contribution in [0.3, 0.4) is 0 Å². The van der Waals surface area contributed by atoms with Crippen molar-refractivity contribution in [3.63, 3.8) is 0 Å². The van der Waals surface area contributed by atoms with Crippen LogP contribution in [0.2, 0.25) is 0 Å². The van der Waals surface area contributed by atoms with Crippen LogP contribution in [0.4, 0.5) is 4.79 Å². The zero-order chi connectivity index (χ0) is 22.0. The lowest BCUT2D eigenvalue weighted by Crippen LogP contribution is -2.45. The Bertz CT molecular complexity index is 1050. The van der Waals surface area contributed by atoms with E-state index in [-0.39, 0.29) is 12.5 Å². The van der Waals surface area contributed by atoms with E-state index >= 15 is 0 Å². The molecule has 31 heavy (non-hydrogen) atoms. The zero-order valence-corrected chi connectivity index (χ0v) is 18.7. The zero-order valence-electron chi connectivity index (χ0n) is 17.1. The molecular weight excluding hydrogens is 460 g/mol. The quantitative estimate of drug-likeness (QED) is 0.528. The van der Waals surface area contributed by atoms with Gasteiger partial charge in [-0.05, 0) is 53.1 Å². The highest BCUT2D eigenvalue weighted by molar-refractivity contribution is 9.10. The summed E-state index contributed by atoms with van der Waals surface area (Å²) in [5.41, 5.74) is 0.808. The Hall–Kier alpha value is -3.32. The minimum absolute atomic E-state index is 0.173. The van der Waals surface area contributed by atoms with Gasteiger partial charge in [0.2, 0.25) is 0 Å². The first kappa shape index (κ1) is 20.9. The Labute approximate surface area is 188 Å². The van der Waals surface area contributed by atoms with Gasteiger partial charge in [-0.2, -0.15) is 0 Å². The van der Waals surface area contributed by atoms with Gasteiger partial charge in [-0.25, -0.2) is 4.79 Å². The van der Waals surface area contributed by atoms with E-state index in [0.29, 0.717) is 22.6 Å². The second-order valence-electron chi connectivity index (χ2n) is 7.15. The lowest BCUT2D eigenvalue weighted by molar-refractivity contribution is -0.130. The molecule has 3 aromatic carbocycles. The van der Waals surface area contributed by atoms with Gasteiger partial charge in [-0.1, -0.05) is 52.3 Å². The Morgan fingerprint density at radius 2 is 1.29 bits per heavy atom. The number of carbonyl (C=O) groups excluding carboxylic acids is 2. The number of ether oxygens (including phenoxy) is 2. The molecule has 0 radical (unpaired) electrons. The molecule has 1 aliphatic rings. The van der Waals surface area contributed by atoms with Crippen molar-refractivity contribution in [2.24, 2.45) is 0 Å². The number of urea groups is 1. The molecule has 0 saturated carbocycles. The van der Waals surface area contributed by atoms with E-state index in [9.17, 15) is 9.59 Å². The van der Waals surface area contributed by atoms with Crippen molar-refractivity contribution in [2.45, 2.75) is 12.1 Å². The number of imide groups is 1. The average molecular weight is 481 g/mol. The summed E-state index contributed by atoms with van der Waals surface area (Å²) in [6.45, 7) is 0.173. The maximum atomic E-state index is 13.8. The van der Waals surface area contributed by atoms with Crippen LogP contribution >= 0.6 is 15.9 Å². The SMILES string of the molecule is COc1ccc(C2(c3ccc(OC)cc3)NC(=O)N(Cc3ccc(Br)cc3)C2=O)cc1.